The van der Waals surface area contributed by atoms with E-state index in [0.717, 1.165) is 16.8 Å². The van der Waals surface area contributed by atoms with Crippen molar-refractivity contribution in [2.75, 3.05) is 6.61 Å². The Bertz CT molecular complexity index is 893. The topological polar surface area (TPSA) is 106 Å². The average molecular weight is 354 g/mol. The van der Waals surface area contributed by atoms with Gasteiger partial charge in [-0.1, -0.05) is 6.07 Å². The third-order valence-corrected chi connectivity index (χ3v) is 4.09. The summed E-state index contributed by atoms with van der Waals surface area (Å²) in [5.41, 5.74) is 8.79. The number of hydrogen-bond acceptors (Lipinski definition) is 6. The number of H-pyrrole nitrogens is 1. The maximum absolute atomic E-state index is 9.64. The summed E-state index contributed by atoms with van der Waals surface area (Å²) in [6, 6.07) is 7.83. The molecule has 3 N–H and O–H groups in total. The van der Waals surface area contributed by atoms with Crippen LogP contribution in [-0.4, -0.2) is 22.9 Å². The van der Waals surface area contributed by atoms with E-state index in [0.29, 0.717) is 29.6 Å². The molecule has 0 unspecified atom stereocenters. The van der Waals surface area contributed by atoms with Crippen molar-refractivity contribution in [2.24, 2.45) is 5.73 Å². The Kier molecular flexibility index (Phi) is 4.76. The lowest BCUT2D eigenvalue weighted by Crippen LogP contribution is -2.21. The summed E-state index contributed by atoms with van der Waals surface area (Å²) in [6.07, 6.45) is 0.0241. The minimum atomic E-state index is -0.380. The molecule has 1 atom stereocenters. The van der Waals surface area contributed by atoms with Crippen LogP contribution in [0.2, 0.25) is 0 Å². The number of nitrogens with one attached hydrogen (secondary N) is 1. The van der Waals surface area contributed by atoms with E-state index in [4.69, 9.17) is 19.9 Å². The normalized spacial score (nSPS) is 16.1. The first kappa shape index (κ1) is 17.7. The van der Waals surface area contributed by atoms with Crippen LogP contribution >= 0.6 is 0 Å². The third-order valence-electron chi connectivity index (χ3n) is 4.09. The van der Waals surface area contributed by atoms with Crippen LogP contribution in [-0.2, 0) is 0 Å². The molecule has 7 heteroatoms. The molecule has 0 radical (unpaired) electrons. The van der Waals surface area contributed by atoms with Crippen molar-refractivity contribution in [3.8, 4) is 23.4 Å². The number of aromatic nitrogens is 2. The highest BCUT2D eigenvalue weighted by Gasteiger charge is 2.34. The molecule has 0 bridgehead atoms. The van der Waals surface area contributed by atoms with Crippen molar-refractivity contribution in [1.29, 1.82) is 5.26 Å². The number of benzene rings is 1. The van der Waals surface area contributed by atoms with Gasteiger partial charge in [-0.3, -0.25) is 5.10 Å². The molecule has 1 aliphatic heterocycles. The Hall–Kier alpha value is -3.14. The zero-order valence-electron chi connectivity index (χ0n) is 15.3. The molecule has 1 aromatic carbocycles. The van der Waals surface area contributed by atoms with Gasteiger partial charge in [-0.2, -0.15) is 5.26 Å². The largest absolute Gasteiger partial charge is 0.490 e. The molecule has 0 aliphatic carbocycles. The number of rotatable bonds is 5. The molecule has 1 aliphatic rings. The van der Waals surface area contributed by atoms with Crippen molar-refractivity contribution in [2.45, 2.75) is 39.7 Å². The predicted molar refractivity (Wildman–Crippen MR) is 96.0 cm³/mol. The molecular formula is C19H22N4O3. The Labute approximate surface area is 152 Å². The molecule has 7 nitrogen and oxygen atoms in total. The van der Waals surface area contributed by atoms with E-state index in [9.17, 15) is 5.26 Å². The van der Waals surface area contributed by atoms with Gasteiger partial charge in [0.15, 0.2) is 11.5 Å². The molecule has 26 heavy (non-hydrogen) atoms. The fourth-order valence-corrected chi connectivity index (χ4v) is 3.06. The molecule has 2 aromatic rings. The van der Waals surface area contributed by atoms with Gasteiger partial charge in [-0.15, -0.1) is 5.10 Å². The Morgan fingerprint density at radius 2 is 2.15 bits per heavy atom. The van der Waals surface area contributed by atoms with Crippen LogP contribution in [0, 0.1) is 18.3 Å². The van der Waals surface area contributed by atoms with Crippen molar-refractivity contribution >= 4 is 0 Å². The van der Waals surface area contributed by atoms with E-state index in [1.165, 1.54) is 0 Å². The van der Waals surface area contributed by atoms with Crippen LogP contribution < -0.4 is 19.9 Å². The number of fused-ring (bicyclic) bond motifs is 1. The lowest BCUT2D eigenvalue weighted by molar-refractivity contribution is 0.223. The van der Waals surface area contributed by atoms with Crippen LogP contribution in [0.3, 0.4) is 0 Å². The molecule has 0 fully saturated rings. The number of hydrogen-bond donors (Lipinski definition) is 2. The van der Waals surface area contributed by atoms with E-state index in [1.54, 1.807) is 0 Å². The molecule has 0 amide bonds. The second-order valence-corrected chi connectivity index (χ2v) is 6.30. The number of allylic oxidation sites excluding steroid dienone is 1. The Morgan fingerprint density at radius 3 is 2.81 bits per heavy atom. The summed E-state index contributed by atoms with van der Waals surface area (Å²) in [7, 11) is 0. The third kappa shape index (κ3) is 3.06. The van der Waals surface area contributed by atoms with Crippen molar-refractivity contribution in [3.63, 3.8) is 0 Å². The highest BCUT2D eigenvalue weighted by atomic mass is 16.5. The van der Waals surface area contributed by atoms with Gasteiger partial charge < -0.3 is 19.9 Å². The Balaban J connectivity index is 2.14. The molecule has 0 saturated carbocycles. The van der Waals surface area contributed by atoms with Gasteiger partial charge in [0.2, 0.25) is 11.8 Å². The summed E-state index contributed by atoms with van der Waals surface area (Å²) < 4.78 is 17.1. The van der Waals surface area contributed by atoms with Crippen molar-refractivity contribution in [3.05, 3.63) is 46.5 Å². The van der Waals surface area contributed by atoms with E-state index < -0.39 is 0 Å². The zero-order valence-corrected chi connectivity index (χ0v) is 15.3. The van der Waals surface area contributed by atoms with Gasteiger partial charge in [0.05, 0.1) is 18.6 Å². The molecule has 136 valence electrons. The first-order chi connectivity index (χ1) is 12.5. The molecule has 3 rings (SSSR count). The summed E-state index contributed by atoms with van der Waals surface area (Å²) >= 11 is 0. The van der Waals surface area contributed by atoms with Crippen LogP contribution in [0.25, 0.3) is 0 Å². The van der Waals surface area contributed by atoms with Gasteiger partial charge in [0.25, 0.3) is 0 Å². The molecular weight excluding hydrogens is 332 g/mol. The minimum Gasteiger partial charge on any atom is -0.490 e. The second-order valence-electron chi connectivity index (χ2n) is 6.30. The van der Waals surface area contributed by atoms with Crippen LogP contribution in [0.5, 0.6) is 17.4 Å². The van der Waals surface area contributed by atoms with Crippen LogP contribution in [0.1, 0.15) is 43.5 Å². The molecule has 0 saturated heterocycles. The zero-order chi connectivity index (χ0) is 18.8. The van der Waals surface area contributed by atoms with Gasteiger partial charge in [0, 0.05) is 11.3 Å². The maximum Gasteiger partial charge on any atom is 0.244 e. The standard InChI is InChI=1S/C19H22N4O3/c1-5-24-15-8-12(6-7-14(15)25-10(2)3)17-13(9-20)18(21)26-19-16(17)11(4)22-23-19/h6-8,10,17H,5,21H2,1-4H3,(H,22,23)/t17-/m0/s1. The SMILES string of the molecule is CCOc1cc([C@H]2C(C#N)=C(N)Oc3n[nH]c(C)c32)ccc1OC(C)C. The van der Waals surface area contributed by atoms with E-state index in [2.05, 4.69) is 16.3 Å². The summed E-state index contributed by atoms with van der Waals surface area (Å²) in [4.78, 5) is 0. The van der Waals surface area contributed by atoms with Gasteiger partial charge in [-0.25, -0.2) is 0 Å². The van der Waals surface area contributed by atoms with Crippen molar-refractivity contribution < 1.29 is 14.2 Å². The number of nitriles is 1. The highest BCUT2D eigenvalue weighted by molar-refractivity contribution is 5.57. The van der Waals surface area contributed by atoms with Gasteiger partial charge in [-0.05, 0) is 45.4 Å². The van der Waals surface area contributed by atoms with Gasteiger partial charge in [0.1, 0.15) is 11.6 Å². The fraction of sp³-hybridized carbons (Fsp3) is 0.368. The number of ether oxygens (including phenoxy) is 3. The summed E-state index contributed by atoms with van der Waals surface area (Å²) in [5, 5.41) is 16.7. The second kappa shape index (κ2) is 7.00. The molecule has 0 spiro atoms. The van der Waals surface area contributed by atoms with Crippen LogP contribution in [0.4, 0.5) is 0 Å². The molecule has 1 aromatic heterocycles. The fourth-order valence-electron chi connectivity index (χ4n) is 3.06. The first-order valence-corrected chi connectivity index (χ1v) is 8.52. The summed E-state index contributed by atoms with van der Waals surface area (Å²) in [5.74, 6) is 1.37. The number of nitrogens with zero attached hydrogens (tertiary/aromatic N) is 2. The van der Waals surface area contributed by atoms with Crippen LogP contribution in [0.15, 0.2) is 29.7 Å². The number of aryl methyl sites for hydroxylation is 1. The number of nitrogens with two attached hydrogens (primary N) is 1. The minimum absolute atomic E-state index is 0.0241. The quantitative estimate of drug-likeness (QED) is 0.854. The van der Waals surface area contributed by atoms with E-state index >= 15 is 0 Å². The number of aromatic amines is 1. The average Bonchev–Trinajstić information content (AvgIpc) is 2.95. The summed E-state index contributed by atoms with van der Waals surface area (Å²) in [6.45, 7) is 8.22. The molecule has 2 heterocycles. The lowest BCUT2D eigenvalue weighted by atomic mass is 9.84. The smallest absolute Gasteiger partial charge is 0.244 e. The Morgan fingerprint density at radius 1 is 1.38 bits per heavy atom. The first-order valence-electron chi connectivity index (χ1n) is 8.52. The van der Waals surface area contributed by atoms with Crippen molar-refractivity contribution in [1.82, 2.24) is 10.2 Å². The van der Waals surface area contributed by atoms with E-state index in [1.807, 2.05) is 45.9 Å². The van der Waals surface area contributed by atoms with Gasteiger partial charge >= 0.3 is 0 Å². The predicted octanol–water partition coefficient (Wildman–Crippen LogP) is 3.12. The highest BCUT2D eigenvalue weighted by Crippen LogP contribution is 2.44. The lowest BCUT2D eigenvalue weighted by Gasteiger charge is -2.24. The monoisotopic (exact) mass is 354 g/mol. The maximum atomic E-state index is 9.64. The van der Waals surface area contributed by atoms with E-state index in [-0.39, 0.29) is 17.9 Å².